The van der Waals surface area contributed by atoms with Gasteiger partial charge in [0.15, 0.2) is 0 Å². The number of methoxy groups -OCH3 is 1. The van der Waals surface area contributed by atoms with Crippen LogP contribution in [0.1, 0.15) is 5.56 Å². The van der Waals surface area contributed by atoms with Crippen LogP contribution in [0.15, 0.2) is 42.0 Å². The van der Waals surface area contributed by atoms with Crippen molar-refractivity contribution in [2.75, 3.05) is 12.4 Å². The van der Waals surface area contributed by atoms with Gasteiger partial charge in [-0.05, 0) is 36.4 Å². The Balaban J connectivity index is 2.32. The standard InChI is InChI=1S/C17H11Cl2N3O4/c1-26-13-4-2-12(3-5-13)21-17(23)11(9-20)6-10-7-16(22(24)25)15(19)8-14(10)18/h2-8H,1H3,(H,21,23)/b11-6-. The second-order valence-electron chi connectivity index (χ2n) is 4.93. The lowest BCUT2D eigenvalue weighted by molar-refractivity contribution is -0.384. The van der Waals surface area contributed by atoms with Crippen LogP contribution in [0.5, 0.6) is 5.75 Å². The number of carbonyl (C=O) groups is 1. The second kappa shape index (κ2) is 8.34. The molecule has 0 saturated carbocycles. The van der Waals surface area contributed by atoms with Crippen molar-refractivity contribution in [3.63, 3.8) is 0 Å². The van der Waals surface area contributed by atoms with Gasteiger partial charge >= 0.3 is 0 Å². The fraction of sp³-hybridized carbons (Fsp3) is 0.0588. The molecule has 2 aromatic carbocycles. The molecule has 0 aliphatic rings. The molecule has 1 N–H and O–H groups in total. The molecule has 1 amide bonds. The summed E-state index contributed by atoms with van der Waals surface area (Å²) in [7, 11) is 1.51. The number of benzene rings is 2. The van der Waals surface area contributed by atoms with Crippen molar-refractivity contribution < 1.29 is 14.5 Å². The first-order chi connectivity index (χ1) is 12.3. The van der Waals surface area contributed by atoms with Gasteiger partial charge in [0, 0.05) is 22.3 Å². The highest BCUT2D eigenvalue weighted by Crippen LogP contribution is 2.32. The van der Waals surface area contributed by atoms with Crippen LogP contribution in [0.3, 0.4) is 0 Å². The third-order valence-electron chi connectivity index (χ3n) is 3.28. The van der Waals surface area contributed by atoms with E-state index >= 15 is 0 Å². The number of nitrogens with zero attached hydrogens (tertiary/aromatic N) is 2. The van der Waals surface area contributed by atoms with Gasteiger partial charge in [0.1, 0.15) is 22.4 Å². The first kappa shape index (κ1) is 19.2. The second-order valence-corrected chi connectivity index (χ2v) is 5.75. The molecule has 0 atom stereocenters. The van der Waals surface area contributed by atoms with Gasteiger partial charge in [0.25, 0.3) is 11.6 Å². The van der Waals surface area contributed by atoms with Crippen molar-refractivity contribution in [1.29, 1.82) is 5.26 Å². The molecule has 132 valence electrons. The molecule has 0 aromatic heterocycles. The fourth-order valence-electron chi connectivity index (χ4n) is 1.98. The third-order valence-corrected chi connectivity index (χ3v) is 3.91. The van der Waals surface area contributed by atoms with Crippen LogP contribution in [-0.2, 0) is 4.79 Å². The highest BCUT2D eigenvalue weighted by atomic mass is 35.5. The third kappa shape index (κ3) is 4.51. The zero-order valence-corrected chi connectivity index (χ0v) is 14.8. The molecule has 9 heteroatoms. The molecule has 2 rings (SSSR count). The maximum absolute atomic E-state index is 12.3. The lowest BCUT2D eigenvalue weighted by atomic mass is 10.1. The summed E-state index contributed by atoms with van der Waals surface area (Å²) < 4.78 is 5.02. The quantitative estimate of drug-likeness (QED) is 0.350. The number of rotatable bonds is 5. The van der Waals surface area contributed by atoms with E-state index in [4.69, 9.17) is 27.9 Å². The summed E-state index contributed by atoms with van der Waals surface area (Å²) in [6.07, 6.45) is 1.16. The molecule has 0 radical (unpaired) electrons. The summed E-state index contributed by atoms with van der Waals surface area (Å²) in [4.78, 5) is 22.6. The van der Waals surface area contributed by atoms with E-state index in [0.717, 1.165) is 12.1 Å². The minimum Gasteiger partial charge on any atom is -0.497 e. The molecule has 0 spiro atoms. The number of hydrogen-bond donors (Lipinski definition) is 1. The first-order valence-corrected chi connectivity index (χ1v) is 7.82. The topological polar surface area (TPSA) is 105 Å². The average Bonchev–Trinajstić information content (AvgIpc) is 2.61. The number of amides is 1. The number of nitriles is 1. The van der Waals surface area contributed by atoms with E-state index < -0.39 is 10.8 Å². The predicted molar refractivity (Wildman–Crippen MR) is 98.3 cm³/mol. The molecule has 0 bridgehead atoms. The summed E-state index contributed by atoms with van der Waals surface area (Å²) in [6, 6.07) is 10.5. The van der Waals surface area contributed by atoms with Gasteiger partial charge in [-0.3, -0.25) is 14.9 Å². The van der Waals surface area contributed by atoms with E-state index in [0.29, 0.717) is 11.4 Å². The van der Waals surface area contributed by atoms with Crippen molar-refractivity contribution in [3.05, 3.63) is 67.7 Å². The molecule has 0 unspecified atom stereocenters. The van der Waals surface area contributed by atoms with Crippen molar-refractivity contribution >= 4 is 46.6 Å². The molecule has 26 heavy (non-hydrogen) atoms. The number of nitro groups is 1. The van der Waals surface area contributed by atoms with Crippen LogP contribution in [0.2, 0.25) is 10.0 Å². The fourth-order valence-corrected chi connectivity index (χ4v) is 2.49. The van der Waals surface area contributed by atoms with Crippen LogP contribution in [0, 0.1) is 21.4 Å². The SMILES string of the molecule is COc1ccc(NC(=O)/C(C#N)=C\c2cc([N+](=O)[O-])c(Cl)cc2Cl)cc1. The van der Waals surface area contributed by atoms with Gasteiger partial charge in [0.2, 0.25) is 0 Å². The summed E-state index contributed by atoms with van der Waals surface area (Å²) >= 11 is 11.8. The number of halogens is 2. The Morgan fingerprint density at radius 2 is 1.92 bits per heavy atom. The van der Waals surface area contributed by atoms with Gasteiger partial charge in [0.05, 0.1) is 12.0 Å². The normalized spacial score (nSPS) is 10.8. The van der Waals surface area contributed by atoms with E-state index in [1.54, 1.807) is 30.3 Å². The lowest BCUT2D eigenvalue weighted by Gasteiger charge is -2.06. The van der Waals surface area contributed by atoms with Crippen LogP contribution in [0.25, 0.3) is 6.08 Å². The van der Waals surface area contributed by atoms with Gasteiger partial charge in [-0.2, -0.15) is 5.26 Å². The largest absolute Gasteiger partial charge is 0.497 e. The Morgan fingerprint density at radius 3 is 2.46 bits per heavy atom. The molecule has 0 fully saturated rings. The van der Waals surface area contributed by atoms with Crippen molar-refractivity contribution in [1.82, 2.24) is 0 Å². The Bertz CT molecular complexity index is 934. The van der Waals surface area contributed by atoms with E-state index in [1.165, 1.54) is 13.2 Å². The van der Waals surface area contributed by atoms with Crippen LogP contribution < -0.4 is 10.1 Å². The minimum absolute atomic E-state index is 0.0746. The predicted octanol–water partition coefficient (Wildman–Crippen LogP) is 4.46. The summed E-state index contributed by atoms with van der Waals surface area (Å²) in [5.41, 5.74) is -0.0798. The monoisotopic (exact) mass is 391 g/mol. The molecular formula is C17H11Cl2N3O4. The van der Waals surface area contributed by atoms with Crippen LogP contribution >= 0.6 is 23.2 Å². The van der Waals surface area contributed by atoms with Gasteiger partial charge < -0.3 is 10.1 Å². The van der Waals surface area contributed by atoms with E-state index in [-0.39, 0.29) is 26.9 Å². The Kier molecular flexibility index (Phi) is 6.17. The zero-order chi connectivity index (χ0) is 19.3. The van der Waals surface area contributed by atoms with Crippen molar-refractivity contribution in [3.8, 4) is 11.8 Å². The maximum Gasteiger partial charge on any atom is 0.288 e. The molecule has 7 nitrogen and oxygen atoms in total. The Morgan fingerprint density at radius 1 is 1.27 bits per heavy atom. The molecule has 2 aromatic rings. The molecule has 0 heterocycles. The smallest absolute Gasteiger partial charge is 0.288 e. The number of nitro benzene ring substituents is 1. The number of hydrogen-bond acceptors (Lipinski definition) is 5. The van der Waals surface area contributed by atoms with Gasteiger partial charge in [-0.15, -0.1) is 0 Å². The van der Waals surface area contributed by atoms with Gasteiger partial charge in [-0.25, -0.2) is 0 Å². The molecule has 0 aliphatic carbocycles. The summed E-state index contributed by atoms with van der Waals surface area (Å²) in [5.74, 6) is -0.0781. The van der Waals surface area contributed by atoms with E-state index in [9.17, 15) is 20.2 Å². The Hall–Kier alpha value is -3.08. The number of anilines is 1. The molecule has 0 saturated heterocycles. The number of nitrogens with one attached hydrogen (secondary N) is 1. The maximum atomic E-state index is 12.3. The highest BCUT2D eigenvalue weighted by molar-refractivity contribution is 6.37. The Labute approximate surface area is 158 Å². The van der Waals surface area contributed by atoms with Crippen molar-refractivity contribution in [2.24, 2.45) is 0 Å². The first-order valence-electron chi connectivity index (χ1n) is 7.06. The van der Waals surface area contributed by atoms with Gasteiger partial charge in [-0.1, -0.05) is 23.2 Å². The minimum atomic E-state index is -0.689. The summed E-state index contributed by atoms with van der Waals surface area (Å²) in [6.45, 7) is 0. The number of ether oxygens (including phenoxy) is 1. The van der Waals surface area contributed by atoms with Crippen LogP contribution in [0.4, 0.5) is 11.4 Å². The number of carbonyl (C=O) groups excluding carboxylic acids is 1. The van der Waals surface area contributed by atoms with E-state index in [2.05, 4.69) is 5.32 Å². The average molecular weight is 392 g/mol. The van der Waals surface area contributed by atoms with Crippen LogP contribution in [-0.4, -0.2) is 17.9 Å². The molecule has 0 aliphatic heterocycles. The van der Waals surface area contributed by atoms with E-state index in [1.807, 2.05) is 0 Å². The molecular weight excluding hydrogens is 381 g/mol. The highest BCUT2D eigenvalue weighted by Gasteiger charge is 2.17. The summed E-state index contributed by atoms with van der Waals surface area (Å²) in [5, 5.41) is 22.7. The zero-order valence-electron chi connectivity index (χ0n) is 13.3. The lowest BCUT2D eigenvalue weighted by Crippen LogP contribution is -2.13. The van der Waals surface area contributed by atoms with Crippen molar-refractivity contribution in [2.45, 2.75) is 0 Å².